The largest absolute Gasteiger partial charge is 0.479 e. The van der Waals surface area contributed by atoms with E-state index < -0.39 is 114 Å². The SMILES string of the molecule is CN[C@@H](CC(C)(C)F)C(=O)O[C@H](Cc1ccc(N2CCOCC2)cc1)C(=O)N(C)[C@@H](CC(C)C)C(=O)O[C@H](C)C(=O)N(C)[C@@H](CC(C)(C)F)C(=O)O[C@H](Cc1ccc(N2CCOCC2)cc1)C(=O)N(C)[C@@H](C=C(C)C)C(=O)O[C@H](C)C(=O)O. The van der Waals surface area contributed by atoms with Gasteiger partial charge >= 0.3 is 29.8 Å². The van der Waals surface area contributed by atoms with Crippen molar-refractivity contribution in [3.8, 4) is 0 Å². The minimum absolute atomic E-state index is 0.0114. The van der Waals surface area contributed by atoms with Crippen molar-refractivity contribution >= 4 is 58.9 Å². The number of nitrogens with one attached hydrogen (secondary N) is 1. The van der Waals surface area contributed by atoms with Crippen LogP contribution in [0.15, 0.2) is 60.2 Å². The molecule has 2 N–H and O–H groups in total. The van der Waals surface area contributed by atoms with Crippen molar-refractivity contribution in [2.75, 3.05) is 90.6 Å². The second-order valence-corrected chi connectivity index (χ2v) is 23.2. The Morgan fingerprint density at radius 1 is 0.602 bits per heavy atom. The first-order valence-electron chi connectivity index (χ1n) is 28.2. The van der Waals surface area contributed by atoms with Crippen LogP contribution >= 0.6 is 0 Å². The number of allylic oxidation sites excluding steroid dienone is 1. The summed E-state index contributed by atoms with van der Waals surface area (Å²) in [6, 6.07) is 8.71. The highest BCUT2D eigenvalue weighted by Crippen LogP contribution is 2.27. The summed E-state index contributed by atoms with van der Waals surface area (Å²) < 4.78 is 64.6. The lowest BCUT2D eigenvalue weighted by molar-refractivity contribution is -0.174. The maximum Gasteiger partial charge on any atom is 0.344 e. The number of carboxylic acid groups (broad SMARTS) is 1. The van der Waals surface area contributed by atoms with Crippen molar-refractivity contribution in [2.45, 2.75) is 161 Å². The Bertz CT molecular complexity index is 2540. The molecule has 2 aromatic carbocycles. The van der Waals surface area contributed by atoms with Crippen molar-refractivity contribution in [1.82, 2.24) is 20.0 Å². The Hall–Kier alpha value is -6.72. The Morgan fingerprint density at radius 3 is 1.42 bits per heavy atom. The Morgan fingerprint density at radius 2 is 1.01 bits per heavy atom. The van der Waals surface area contributed by atoms with Gasteiger partial charge in [0.2, 0.25) is 0 Å². The number of carbonyl (C=O) groups is 8. The molecule has 2 aromatic rings. The number of rotatable bonds is 29. The number of halogens is 2. The summed E-state index contributed by atoms with van der Waals surface area (Å²) in [5, 5.41) is 12.3. The number of esters is 4. The molecule has 4 rings (SSSR count). The van der Waals surface area contributed by atoms with Crippen LogP contribution in [0.4, 0.5) is 20.2 Å². The maximum absolute atomic E-state index is 15.9. The van der Waals surface area contributed by atoms with Crippen LogP contribution in [0.1, 0.15) is 99.6 Å². The van der Waals surface area contributed by atoms with Crippen LogP contribution in [0.25, 0.3) is 0 Å². The predicted octanol–water partition coefficient (Wildman–Crippen LogP) is 5.27. The number of hydrogen-bond donors (Lipinski definition) is 2. The van der Waals surface area contributed by atoms with Gasteiger partial charge in [-0.05, 0) is 110 Å². The summed E-state index contributed by atoms with van der Waals surface area (Å²) in [6.07, 6.45) is -6.42. The van der Waals surface area contributed by atoms with Gasteiger partial charge < -0.3 is 63.3 Å². The van der Waals surface area contributed by atoms with E-state index in [1.807, 2.05) is 24.3 Å². The number of amides is 3. The molecule has 2 aliphatic heterocycles. The smallest absolute Gasteiger partial charge is 0.344 e. The fourth-order valence-electron chi connectivity index (χ4n) is 9.48. The summed E-state index contributed by atoms with van der Waals surface area (Å²) in [7, 11) is 5.23. The Kier molecular flexibility index (Phi) is 25.9. The molecule has 2 saturated heterocycles. The van der Waals surface area contributed by atoms with Gasteiger partial charge in [-0.3, -0.25) is 19.2 Å². The lowest BCUT2D eigenvalue weighted by Crippen LogP contribution is -2.54. The molecule has 0 bridgehead atoms. The van der Waals surface area contributed by atoms with Crippen LogP contribution in [0.2, 0.25) is 0 Å². The van der Waals surface area contributed by atoms with Gasteiger partial charge in [-0.25, -0.2) is 28.0 Å². The Labute approximate surface area is 487 Å². The van der Waals surface area contributed by atoms with Crippen LogP contribution in [0, 0.1) is 5.92 Å². The number of morpholine rings is 2. The molecule has 0 unspecified atom stereocenters. The second kappa shape index (κ2) is 31.3. The molecule has 462 valence electrons. The highest BCUT2D eigenvalue weighted by Gasteiger charge is 2.43. The minimum atomic E-state index is -2.14. The zero-order chi connectivity index (χ0) is 62.1. The molecule has 23 heteroatoms. The van der Waals surface area contributed by atoms with Crippen LogP contribution in [-0.2, 0) is 79.6 Å². The lowest BCUT2D eigenvalue weighted by Gasteiger charge is -2.34. The third kappa shape index (κ3) is 21.5. The van der Waals surface area contributed by atoms with Gasteiger partial charge in [0.15, 0.2) is 24.4 Å². The molecule has 0 aliphatic carbocycles. The van der Waals surface area contributed by atoms with E-state index >= 15 is 4.39 Å². The zero-order valence-electron chi connectivity index (χ0n) is 50.7. The molecule has 3 amide bonds. The van der Waals surface area contributed by atoms with E-state index in [4.69, 9.17) is 28.4 Å². The fourth-order valence-corrected chi connectivity index (χ4v) is 9.48. The summed E-state index contributed by atoms with van der Waals surface area (Å²) in [5.41, 5.74) is -0.458. The topological polar surface area (TPSA) is 240 Å². The van der Waals surface area contributed by atoms with Crippen molar-refractivity contribution in [3.05, 3.63) is 71.3 Å². The third-order valence-electron chi connectivity index (χ3n) is 14.2. The lowest BCUT2D eigenvalue weighted by atomic mass is 9.99. The van der Waals surface area contributed by atoms with E-state index in [1.165, 1.54) is 68.9 Å². The van der Waals surface area contributed by atoms with Gasteiger partial charge in [0, 0.05) is 84.4 Å². The maximum atomic E-state index is 15.9. The number of benzene rings is 2. The molecular weight excluding hydrogens is 1080 g/mol. The first-order chi connectivity index (χ1) is 38.8. The number of hydrogen-bond acceptors (Lipinski definition) is 17. The van der Waals surface area contributed by atoms with Gasteiger partial charge in [-0.1, -0.05) is 49.8 Å². The van der Waals surface area contributed by atoms with Gasteiger partial charge in [0.25, 0.3) is 17.7 Å². The molecule has 83 heavy (non-hydrogen) atoms. The molecule has 2 fully saturated rings. The zero-order valence-corrected chi connectivity index (χ0v) is 50.7. The fraction of sp³-hybridized carbons (Fsp3) is 0.633. The normalized spacial score (nSPS) is 16.8. The standard InChI is InChI=1S/C60H88F2N6O15/c1-37(2)31-46(64(12)52(70)49(82-55(74)45(63-11)35-59(7,8)61)33-41-15-19-43(20-16-41)67-23-27-78-28-24-67)56(75)80-39(5)51(69)66(14)48(36-60(9,10)62)58(77)83-50(34-42-17-21-44(22-18-42)68-25-29-79-30-26-68)53(71)65(13)47(32-38(3)4)57(76)81-40(6)54(72)73/h15-22,32,37,39-40,45-50,63H,23-31,33-36H2,1-14H3,(H,72,73)/t39-,40-,45+,46+,47+,48+,49-,50-/m1/s1. The van der Waals surface area contributed by atoms with Gasteiger partial charge in [-0.15, -0.1) is 0 Å². The number of aliphatic carboxylic acids is 1. The van der Waals surface area contributed by atoms with Gasteiger partial charge in [0.1, 0.15) is 35.5 Å². The number of ether oxygens (including phenoxy) is 6. The van der Waals surface area contributed by atoms with Gasteiger partial charge in [-0.2, -0.15) is 0 Å². The number of likely N-dealkylation sites (N-methyl/N-ethyl adjacent to an activating group) is 4. The van der Waals surface area contributed by atoms with Crippen molar-refractivity contribution < 1.29 is 80.7 Å². The van der Waals surface area contributed by atoms with E-state index in [2.05, 4.69) is 15.1 Å². The van der Waals surface area contributed by atoms with Gasteiger partial charge in [0.05, 0.1) is 26.4 Å². The van der Waals surface area contributed by atoms with E-state index in [0.29, 0.717) is 69.3 Å². The summed E-state index contributed by atoms with van der Waals surface area (Å²) in [4.78, 5) is 119. The first kappa shape index (κ1) is 68.8. The quantitative estimate of drug-likeness (QED) is 0.0599. The molecule has 21 nitrogen and oxygen atoms in total. The molecule has 0 aromatic heterocycles. The second-order valence-electron chi connectivity index (χ2n) is 23.2. The van der Waals surface area contributed by atoms with Crippen LogP contribution < -0.4 is 15.1 Å². The molecule has 8 atom stereocenters. The number of nitrogens with zero attached hydrogens (tertiary/aromatic N) is 5. The minimum Gasteiger partial charge on any atom is -0.479 e. The molecule has 0 saturated carbocycles. The van der Waals surface area contributed by atoms with E-state index in [0.717, 1.165) is 33.0 Å². The number of carbonyl (C=O) groups excluding carboxylic acids is 7. The molecular formula is C60H88F2N6O15. The summed E-state index contributed by atoms with van der Waals surface area (Å²) >= 11 is 0. The van der Waals surface area contributed by atoms with Crippen molar-refractivity contribution in [2.24, 2.45) is 5.92 Å². The summed E-state index contributed by atoms with van der Waals surface area (Å²) in [6.45, 7) is 19.1. The van der Waals surface area contributed by atoms with Crippen LogP contribution in [0.5, 0.6) is 0 Å². The van der Waals surface area contributed by atoms with E-state index in [9.17, 15) is 47.9 Å². The molecule has 2 heterocycles. The van der Waals surface area contributed by atoms with Crippen LogP contribution in [0.3, 0.4) is 0 Å². The van der Waals surface area contributed by atoms with E-state index in [-0.39, 0.29) is 31.6 Å². The predicted molar refractivity (Wildman–Crippen MR) is 306 cm³/mol. The molecule has 2 aliphatic rings. The number of alkyl halides is 2. The van der Waals surface area contributed by atoms with Crippen molar-refractivity contribution in [1.29, 1.82) is 0 Å². The Balaban J connectivity index is 1.65. The molecule has 0 radical (unpaired) electrons. The third-order valence-corrected chi connectivity index (χ3v) is 14.2. The van der Waals surface area contributed by atoms with Crippen molar-refractivity contribution in [3.63, 3.8) is 0 Å². The first-order valence-corrected chi connectivity index (χ1v) is 28.2. The number of anilines is 2. The number of carboxylic acids is 1. The van der Waals surface area contributed by atoms with Crippen LogP contribution in [-0.4, -0.2) is 208 Å². The highest BCUT2D eigenvalue weighted by molar-refractivity contribution is 5.93. The summed E-state index contributed by atoms with van der Waals surface area (Å²) in [5.74, 6) is -8.62. The molecule has 0 spiro atoms. The average Bonchev–Trinajstić information content (AvgIpc) is 3.53. The monoisotopic (exact) mass is 1170 g/mol. The highest BCUT2D eigenvalue weighted by atomic mass is 19.1. The van der Waals surface area contributed by atoms with E-state index in [1.54, 1.807) is 52.0 Å². The average molecular weight is 1170 g/mol.